The van der Waals surface area contributed by atoms with E-state index in [9.17, 15) is 27.0 Å². The lowest BCUT2D eigenvalue weighted by Gasteiger charge is -2.25. The summed E-state index contributed by atoms with van der Waals surface area (Å²) in [4.78, 5) is 35.7. The van der Waals surface area contributed by atoms with Gasteiger partial charge in [0.1, 0.15) is 5.75 Å². The fourth-order valence-corrected chi connectivity index (χ4v) is 5.50. The van der Waals surface area contributed by atoms with E-state index in [0.29, 0.717) is 36.0 Å². The van der Waals surface area contributed by atoms with Crippen molar-refractivity contribution in [2.75, 3.05) is 20.3 Å². The number of aromatic nitrogens is 3. The molecule has 13 heteroatoms. The largest absolute Gasteiger partial charge is 0.484 e. The summed E-state index contributed by atoms with van der Waals surface area (Å²) >= 11 is 0. The van der Waals surface area contributed by atoms with Crippen LogP contribution in [0.2, 0.25) is 0 Å². The third-order valence-corrected chi connectivity index (χ3v) is 7.31. The number of ether oxygens (including phenoxy) is 2. The van der Waals surface area contributed by atoms with Gasteiger partial charge in [-0.3, -0.25) is 14.0 Å². The highest BCUT2D eigenvalue weighted by atomic mass is 32.2. The van der Waals surface area contributed by atoms with Gasteiger partial charge in [-0.2, -0.15) is 13.2 Å². The van der Waals surface area contributed by atoms with Crippen molar-refractivity contribution in [3.05, 3.63) is 47.8 Å². The predicted molar refractivity (Wildman–Crippen MR) is 128 cm³/mol. The van der Waals surface area contributed by atoms with Gasteiger partial charge in [-0.1, -0.05) is 12.1 Å². The molecule has 0 spiro atoms. The second-order valence-electron chi connectivity index (χ2n) is 8.55. The van der Waals surface area contributed by atoms with Crippen LogP contribution in [0.4, 0.5) is 18.0 Å². The Kier molecular flexibility index (Phi) is 7.81. The van der Waals surface area contributed by atoms with Crippen LogP contribution < -0.4 is 4.74 Å². The lowest BCUT2D eigenvalue weighted by atomic mass is 10.1. The Morgan fingerprint density at radius 3 is 2.70 bits per heavy atom. The predicted octanol–water partition coefficient (Wildman–Crippen LogP) is 3.98. The maximum Gasteiger partial charge on any atom is 0.422 e. The fourth-order valence-electron chi connectivity index (χ4n) is 4.25. The minimum absolute atomic E-state index is 0.0160. The first kappa shape index (κ1) is 26.6. The number of likely N-dealkylation sites (tertiary alicyclic amines) is 1. The summed E-state index contributed by atoms with van der Waals surface area (Å²) in [5, 5.41) is -0.0160. The highest BCUT2D eigenvalue weighted by molar-refractivity contribution is 7.84. The Balaban J connectivity index is 1.65. The molecule has 0 aliphatic carbocycles. The summed E-state index contributed by atoms with van der Waals surface area (Å²) in [5.41, 5.74) is 1.47. The summed E-state index contributed by atoms with van der Waals surface area (Å²) in [6.07, 6.45) is -1.86. The third-order valence-electron chi connectivity index (χ3n) is 6.10. The number of methoxy groups -OCH3 is 1. The van der Waals surface area contributed by atoms with Gasteiger partial charge in [0.15, 0.2) is 6.61 Å². The van der Waals surface area contributed by atoms with Crippen LogP contribution in [-0.2, 0) is 26.1 Å². The van der Waals surface area contributed by atoms with Gasteiger partial charge in [-0.05, 0) is 38.0 Å². The van der Waals surface area contributed by atoms with Crippen molar-refractivity contribution >= 4 is 33.8 Å². The van der Waals surface area contributed by atoms with Crippen molar-refractivity contribution in [1.29, 1.82) is 0 Å². The van der Waals surface area contributed by atoms with Crippen LogP contribution in [-0.4, -0.2) is 68.1 Å². The first-order valence-electron chi connectivity index (χ1n) is 11.5. The van der Waals surface area contributed by atoms with E-state index in [2.05, 4.69) is 9.97 Å². The molecule has 3 heterocycles. The minimum atomic E-state index is -4.51. The highest BCUT2D eigenvalue weighted by Crippen LogP contribution is 2.28. The lowest BCUT2D eigenvalue weighted by Crippen LogP contribution is -2.40. The van der Waals surface area contributed by atoms with Crippen LogP contribution in [0.25, 0.3) is 11.0 Å². The van der Waals surface area contributed by atoms with Crippen molar-refractivity contribution in [3.8, 4) is 5.75 Å². The molecule has 0 saturated carbocycles. The van der Waals surface area contributed by atoms with Crippen LogP contribution in [0.1, 0.15) is 30.5 Å². The van der Waals surface area contributed by atoms with Gasteiger partial charge in [0.2, 0.25) is 5.16 Å². The number of hydrogen-bond donors (Lipinski definition) is 0. The number of amides is 1. The molecule has 1 aromatic carbocycles. The zero-order valence-corrected chi connectivity index (χ0v) is 21.0. The van der Waals surface area contributed by atoms with E-state index in [1.54, 1.807) is 29.2 Å². The van der Waals surface area contributed by atoms with Crippen molar-refractivity contribution in [3.63, 3.8) is 0 Å². The minimum Gasteiger partial charge on any atom is -0.484 e. The number of halogens is 3. The molecule has 0 N–H and O–H groups in total. The maximum atomic E-state index is 13.7. The number of imidazole rings is 1. The molecule has 37 heavy (non-hydrogen) atoms. The first-order chi connectivity index (χ1) is 17.6. The van der Waals surface area contributed by atoms with Gasteiger partial charge in [0, 0.05) is 24.3 Å². The summed E-state index contributed by atoms with van der Waals surface area (Å²) in [6, 6.07) is 7.31. The summed E-state index contributed by atoms with van der Waals surface area (Å²) in [6.45, 7) is 0.479. The van der Waals surface area contributed by atoms with Gasteiger partial charge in [0.05, 0.1) is 46.8 Å². The van der Waals surface area contributed by atoms with Crippen molar-refractivity contribution in [1.82, 2.24) is 19.4 Å². The molecule has 2 aromatic heterocycles. The average Bonchev–Trinajstić information content (AvgIpc) is 3.48. The Bertz CT molecular complexity index is 1340. The molecular weight excluding hydrogens is 513 g/mol. The van der Waals surface area contributed by atoms with Crippen LogP contribution in [0.15, 0.2) is 41.7 Å². The summed E-state index contributed by atoms with van der Waals surface area (Å²) in [5.74, 6) is -0.651. The van der Waals surface area contributed by atoms with Crippen LogP contribution in [0, 0.1) is 6.92 Å². The number of benzene rings is 1. The molecular formula is C24H25F3N4O5S. The number of nitrogens with zero attached hydrogens (tertiary/aromatic N) is 4. The zero-order chi connectivity index (χ0) is 26.7. The normalized spacial score (nSPS) is 16.7. The van der Waals surface area contributed by atoms with Crippen LogP contribution in [0.5, 0.6) is 5.75 Å². The number of fused-ring (bicyclic) bond motifs is 1. The van der Waals surface area contributed by atoms with E-state index in [0.717, 1.165) is 0 Å². The van der Waals surface area contributed by atoms with E-state index < -0.39 is 35.6 Å². The van der Waals surface area contributed by atoms with E-state index in [4.69, 9.17) is 9.47 Å². The van der Waals surface area contributed by atoms with Crippen molar-refractivity contribution in [2.45, 2.75) is 49.3 Å². The van der Waals surface area contributed by atoms with Gasteiger partial charge in [-0.25, -0.2) is 14.3 Å². The topological polar surface area (TPSA) is 104 Å². The average molecular weight is 539 g/mol. The Labute approximate surface area is 213 Å². The molecule has 9 nitrogen and oxygen atoms in total. The fraction of sp³-hybridized carbons (Fsp3) is 0.417. The van der Waals surface area contributed by atoms with Gasteiger partial charge in [0.25, 0.3) is 0 Å². The summed E-state index contributed by atoms with van der Waals surface area (Å²) < 4.78 is 62.3. The Morgan fingerprint density at radius 1 is 1.22 bits per heavy atom. The van der Waals surface area contributed by atoms with Gasteiger partial charge >= 0.3 is 18.2 Å². The SMILES string of the molecule is COC(=O)C[C@@H]1CCCN1C(=O)n1c([S@](=O)Cc2nccc(OCC(F)(F)F)c2C)nc2ccccc21. The molecule has 1 amide bonds. The molecule has 0 radical (unpaired) electrons. The quantitative estimate of drug-likeness (QED) is 0.419. The van der Waals surface area contributed by atoms with Crippen molar-refractivity contribution in [2.24, 2.45) is 0 Å². The number of hydrogen-bond acceptors (Lipinski definition) is 7. The standard InChI is InChI=1S/C24H25F3N4O5S/c1-15-18(28-10-9-20(15)36-14-24(25,26)27)13-37(34)22-29-17-7-3-4-8-19(17)31(22)23(33)30-11-5-6-16(30)12-21(32)35-2/h3-4,7-10,16H,5-6,11-14H2,1-2H3/t16-,37+/m0/s1. The molecule has 1 saturated heterocycles. The maximum absolute atomic E-state index is 13.7. The van der Waals surface area contributed by atoms with E-state index in [-0.39, 0.29) is 34.8 Å². The number of rotatable bonds is 7. The molecule has 4 rings (SSSR count). The van der Waals surface area contributed by atoms with Crippen LogP contribution in [0.3, 0.4) is 0 Å². The third kappa shape index (κ3) is 5.92. The number of carbonyl (C=O) groups is 2. The number of carbonyl (C=O) groups excluding carboxylic acids is 2. The molecule has 198 valence electrons. The summed E-state index contributed by atoms with van der Waals surface area (Å²) in [7, 11) is -0.605. The second-order valence-corrected chi connectivity index (χ2v) is 9.89. The number of esters is 1. The monoisotopic (exact) mass is 538 g/mol. The van der Waals surface area contributed by atoms with Crippen molar-refractivity contribution < 1.29 is 36.4 Å². The van der Waals surface area contributed by atoms with Gasteiger partial charge < -0.3 is 14.4 Å². The molecule has 0 bridgehead atoms. The zero-order valence-electron chi connectivity index (χ0n) is 20.2. The Hall–Kier alpha value is -3.48. The molecule has 1 aliphatic rings. The number of pyridine rings is 1. The Morgan fingerprint density at radius 2 is 1.97 bits per heavy atom. The number of alkyl halides is 3. The van der Waals surface area contributed by atoms with E-state index in [1.807, 2.05) is 0 Å². The van der Waals surface area contributed by atoms with E-state index in [1.165, 1.54) is 30.9 Å². The number of para-hydroxylation sites is 2. The first-order valence-corrected chi connectivity index (χ1v) is 12.8. The second kappa shape index (κ2) is 10.9. The van der Waals surface area contributed by atoms with Crippen LogP contribution >= 0.6 is 0 Å². The molecule has 1 aliphatic heterocycles. The van der Waals surface area contributed by atoms with Gasteiger partial charge in [-0.15, -0.1) is 0 Å². The van der Waals surface area contributed by atoms with E-state index >= 15 is 0 Å². The molecule has 0 unspecified atom stereocenters. The molecule has 1 fully saturated rings. The highest BCUT2D eigenvalue weighted by Gasteiger charge is 2.34. The lowest BCUT2D eigenvalue weighted by molar-refractivity contribution is -0.153. The molecule has 2 atom stereocenters. The smallest absolute Gasteiger partial charge is 0.422 e. The molecule has 3 aromatic rings.